The van der Waals surface area contributed by atoms with Gasteiger partial charge in [0.1, 0.15) is 5.82 Å². The number of nitrogens with one attached hydrogen (secondary N) is 1. The van der Waals surface area contributed by atoms with Crippen molar-refractivity contribution in [3.63, 3.8) is 0 Å². The second-order valence-electron chi connectivity index (χ2n) is 6.20. The van der Waals surface area contributed by atoms with E-state index < -0.39 is 0 Å². The van der Waals surface area contributed by atoms with Crippen LogP contribution in [0.1, 0.15) is 36.7 Å². The minimum atomic E-state index is 0.442. The van der Waals surface area contributed by atoms with E-state index in [1.165, 1.54) is 21.5 Å². The molecule has 4 aromatic heterocycles. The number of aryl methyl sites for hydroxylation is 2. The fourth-order valence-corrected chi connectivity index (χ4v) is 4.89. The lowest BCUT2D eigenvalue weighted by Crippen LogP contribution is -1.95. The number of hydrogen-bond donors (Lipinski definition) is 1. The van der Waals surface area contributed by atoms with E-state index in [1.807, 2.05) is 11.4 Å². The molecule has 23 heavy (non-hydrogen) atoms. The summed E-state index contributed by atoms with van der Waals surface area (Å²) in [4.78, 5) is 8.09. The monoisotopic (exact) mass is 388 g/mol. The fourth-order valence-electron chi connectivity index (χ4n) is 3.14. The quantitative estimate of drug-likeness (QED) is 0.496. The molecule has 4 heterocycles. The predicted molar refractivity (Wildman–Crippen MR) is 99.4 cm³/mol. The van der Waals surface area contributed by atoms with E-state index in [0.29, 0.717) is 5.92 Å². The number of fused-ring (bicyclic) bond motifs is 2. The van der Waals surface area contributed by atoms with Crippen molar-refractivity contribution in [3.8, 4) is 11.3 Å². The van der Waals surface area contributed by atoms with Crippen LogP contribution in [0.4, 0.5) is 0 Å². The van der Waals surface area contributed by atoms with Gasteiger partial charge in [0, 0.05) is 11.8 Å². The highest BCUT2D eigenvalue weighted by Crippen LogP contribution is 2.41. The smallest absolute Gasteiger partial charge is 0.158 e. The number of aromatic nitrogens is 4. The van der Waals surface area contributed by atoms with Crippen LogP contribution in [-0.4, -0.2) is 19.6 Å². The second kappa shape index (κ2) is 5.18. The average molecular weight is 389 g/mol. The van der Waals surface area contributed by atoms with Crippen molar-refractivity contribution in [2.24, 2.45) is 0 Å². The zero-order chi connectivity index (χ0) is 16.3. The number of thiophene rings is 1. The third-order valence-corrected chi connectivity index (χ3v) is 5.74. The number of nitrogens with zero attached hydrogens (tertiary/aromatic N) is 3. The number of pyridine rings is 1. The minimum Gasteiger partial charge on any atom is -0.353 e. The Hall–Kier alpha value is -1.66. The average Bonchev–Trinajstić information content (AvgIpc) is 3.08. The Morgan fingerprint density at radius 3 is 2.78 bits per heavy atom. The molecule has 0 unspecified atom stereocenters. The number of H-pyrrole nitrogens is 1. The number of halogens is 1. The van der Waals surface area contributed by atoms with Crippen molar-refractivity contribution >= 4 is 43.1 Å². The molecule has 4 aromatic rings. The van der Waals surface area contributed by atoms with Crippen LogP contribution in [0.15, 0.2) is 22.1 Å². The van der Waals surface area contributed by atoms with Gasteiger partial charge in [-0.25, -0.2) is 9.50 Å². The summed E-state index contributed by atoms with van der Waals surface area (Å²) in [6.07, 6.45) is 2.07. The molecular weight excluding hydrogens is 372 g/mol. The first kappa shape index (κ1) is 14.9. The molecule has 0 aliphatic heterocycles. The molecule has 0 spiro atoms. The van der Waals surface area contributed by atoms with Gasteiger partial charge in [-0.1, -0.05) is 13.8 Å². The maximum Gasteiger partial charge on any atom is 0.158 e. The lowest BCUT2D eigenvalue weighted by molar-refractivity contribution is 0.877. The molecule has 6 heteroatoms. The van der Waals surface area contributed by atoms with Gasteiger partial charge in [-0.15, -0.1) is 11.3 Å². The van der Waals surface area contributed by atoms with Crippen LogP contribution >= 0.6 is 27.3 Å². The molecule has 0 saturated heterocycles. The normalized spacial score (nSPS) is 12.1. The largest absolute Gasteiger partial charge is 0.353 e. The van der Waals surface area contributed by atoms with Gasteiger partial charge < -0.3 is 4.98 Å². The van der Waals surface area contributed by atoms with Crippen LogP contribution in [-0.2, 0) is 0 Å². The molecule has 4 rings (SSSR count). The molecule has 0 bridgehead atoms. The van der Waals surface area contributed by atoms with Gasteiger partial charge in [0.25, 0.3) is 0 Å². The first-order chi connectivity index (χ1) is 10.9. The first-order valence-corrected chi connectivity index (χ1v) is 9.20. The molecule has 0 aliphatic carbocycles. The van der Waals surface area contributed by atoms with Gasteiger partial charge in [-0.3, -0.25) is 0 Å². The Balaban J connectivity index is 2.01. The molecule has 1 N–H and O–H groups in total. The molecular formula is C17H17BrN4S. The highest BCUT2D eigenvalue weighted by molar-refractivity contribution is 9.11. The van der Waals surface area contributed by atoms with Crippen molar-refractivity contribution in [3.05, 3.63) is 39.1 Å². The van der Waals surface area contributed by atoms with Gasteiger partial charge in [-0.05, 0) is 59.0 Å². The third kappa shape index (κ3) is 2.32. The van der Waals surface area contributed by atoms with Crippen molar-refractivity contribution < 1.29 is 0 Å². The zero-order valence-electron chi connectivity index (χ0n) is 13.4. The minimum absolute atomic E-state index is 0.442. The van der Waals surface area contributed by atoms with E-state index >= 15 is 0 Å². The van der Waals surface area contributed by atoms with Gasteiger partial charge in [0.15, 0.2) is 5.65 Å². The Labute approximate surface area is 146 Å². The Bertz CT molecular complexity index is 1040. The zero-order valence-corrected chi connectivity index (χ0v) is 15.8. The fraction of sp³-hybridized carbons (Fsp3) is 0.294. The number of rotatable bonds is 2. The summed E-state index contributed by atoms with van der Waals surface area (Å²) in [6, 6.07) is 4.35. The number of aromatic amines is 1. The van der Waals surface area contributed by atoms with Crippen molar-refractivity contribution in [2.45, 2.75) is 33.6 Å². The molecule has 4 nitrogen and oxygen atoms in total. The highest BCUT2D eigenvalue weighted by Gasteiger charge is 2.19. The first-order valence-electron chi connectivity index (χ1n) is 7.59. The number of hydrogen-bond acceptors (Lipinski definition) is 3. The van der Waals surface area contributed by atoms with Crippen LogP contribution in [0.25, 0.3) is 27.1 Å². The Kier molecular flexibility index (Phi) is 3.35. The van der Waals surface area contributed by atoms with E-state index in [4.69, 9.17) is 0 Å². The maximum absolute atomic E-state index is 4.49. The SMILES string of the molecule is Cc1nc2c(C)cc(-c3[nH]c4cc(Br)sc4c3C(C)C)cn2n1. The third-order valence-electron chi connectivity index (χ3n) is 4.06. The molecule has 0 aliphatic rings. The van der Waals surface area contributed by atoms with Crippen LogP contribution in [0.2, 0.25) is 0 Å². The topological polar surface area (TPSA) is 46.0 Å². The summed E-state index contributed by atoms with van der Waals surface area (Å²) < 4.78 is 4.37. The van der Waals surface area contributed by atoms with Gasteiger partial charge >= 0.3 is 0 Å². The maximum atomic E-state index is 4.49. The Morgan fingerprint density at radius 1 is 1.26 bits per heavy atom. The van der Waals surface area contributed by atoms with E-state index in [2.05, 4.69) is 70.1 Å². The summed E-state index contributed by atoms with van der Waals surface area (Å²) in [5.41, 5.74) is 6.96. The summed E-state index contributed by atoms with van der Waals surface area (Å²) in [7, 11) is 0. The van der Waals surface area contributed by atoms with E-state index in [0.717, 1.165) is 26.4 Å². The van der Waals surface area contributed by atoms with Crippen LogP contribution in [0, 0.1) is 13.8 Å². The van der Waals surface area contributed by atoms with E-state index in [-0.39, 0.29) is 0 Å². The van der Waals surface area contributed by atoms with Crippen molar-refractivity contribution in [1.29, 1.82) is 0 Å². The van der Waals surface area contributed by atoms with Gasteiger partial charge in [0.2, 0.25) is 0 Å². The molecule has 0 saturated carbocycles. The van der Waals surface area contributed by atoms with Crippen LogP contribution in [0.3, 0.4) is 0 Å². The van der Waals surface area contributed by atoms with Gasteiger partial charge in [-0.2, -0.15) is 5.10 Å². The summed E-state index contributed by atoms with van der Waals surface area (Å²) in [5.74, 6) is 1.24. The van der Waals surface area contributed by atoms with Crippen LogP contribution in [0.5, 0.6) is 0 Å². The molecule has 0 fully saturated rings. The summed E-state index contributed by atoms with van der Waals surface area (Å²) >= 11 is 5.38. The van der Waals surface area contributed by atoms with Crippen LogP contribution < -0.4 is 0 Å². The molecule has 0 radical (unpaired) electrons. The standard InChI is InChI=1S/C17H17BrN4S/c1-8(2)14-15(20-12-6-13(18)23-16(12)14)11-5-9(3)17-19-10(4)21-22(17)7-11/h5-8,20H,1-4H3. The van der Waals surface area contributed by atoms with Gasteiger partial charge in [0.05, 0.1) is 19.7 Å². The highest BCUT2D eigenvalue weighted by atomic mass is 79.9. The second-order valence-corrected chi connectivity index (χ2v) is 8.63. The Morgan fingerprint density at radius 2 is 2.04 bits per heavy atom. The van der Waals surface area contributed by atoms with Crippen molar-refractivity contribution in [2.75, 3.05) is 0 Å². The van der Waals surface area contributed by atoms with E-state index in [1.54, 1.807) is 11.3 Å². The summed E-state index contributed by atoms with van der Waals surface area (Å²) in [5, 5.41) is 4.48. The summed E-state index contributed by atoms with van der Waals surface area (Å²) in [6.45, 7) is 8.49. The van der Waals surface area contributed by atoms with Crippen molar-refractivity contribution in [1.82, 2.24) is 19.6 Å². The van der Waals surface area contributed by atoms with E-state index in [9.17, 15) is 0 Å². The predicted octanol–water partition coefficient (Wildman–Crippen LogP) is 5.44. The molecule has 0 amide bonds. The lowest BCUT2D eigenvalue weighted by atomic mass is 9.99. The molecule has 0 atom stereocenters. The molecule has 0 aromatic carbocycles. The molecule has 118 valence electrons. The lowest BCUT2D eigenvalue weighted by Gasteiger charge is -2.09.